The van der Waals surface area contributed by atoms with Gasteiger partial charge in [0, 0.05) is 130 Å². The molecule has 0 unspecified atom stereocenters. The number of ether oxygens (including phenoxy) is 2. The van der Waals surface area contributed by atoms with Gasteiger partial charge >= 0.3 is 0 Å². The molecule has 0 radical (unpaired) electrons. The molecule has 522 valence electrons. The predicted octanol–water partition coefficient (Wildman–Crippen LogP) is 13.4. The highest BCUT2D eigenvalue weighted by Gasteiger charge is 2.33. The smallest absolute Gasteiger partial charge is 0.260 e. The number of methoxy groups -OCH3 is 1. The van der Waals surface area contributed by atoms with Crippen molar-refractivity contribution in [1.82, 2.24) is 34.8 Å². The molecule has 3 saturated heterocycles. The van der Waals surface area contributed by atoms with E-state index < -0.39 is 0 Å². The Morgan fingerprint density at radius 1 is 0.406 bits per heavy atom. The van der Waals surface area contributed by atoms with E-state index in [4.69, 9.17) is 24.4 Å². The van der Waals surface area contributed by atoms with Crippen LogP contribution in [0.4, 0.5) is 104 Å². The lowest BCUT2D eigenvalue weighted by Crippen LogP contribution is -2.44. The molecule has 0 atom stereocenters. The van der Waals surface area contributed by atoms with Crippen LogP contribution in [0.15, 0.2) is 152 Å². The number of piperazine rings is 1. The summed E-state index contributed by atoms with van der Waals surface area (Å²) in [5, 5.41) is 9.95. The van der Waals surface area contributed by atoms with E-state index in [-0.39, 0.29) is 17.7 Å². The number of aromatic nitrogens is 6. The van der Waals surface area contributed by atoms with Gasteiger partial charge in [-0.15, -0.1) is 0 Å². The van der Waals surface area contributed by atoms with Crippen LogP contribution in [0.1, 0.15) is 77.5 Å². The van der Waals surface area contributed by atoms with E-state index >= 15 is 0 Å². The van der Waals surface area contributed by atoms with Gasteiger partial charge < -0.3 is 74.4 Å². The summed E-state index contributed by atoms with van der Waals surface area (Å²) in [6, 6.07) is 43.5. The third kappa shape index (κ3) is 14.3. The van der Waals surface area contributed by atoms with Crippen molar-refractivity contribution in [3.63, 3.8) is 0 Å². The van der Waals surface area contributed by atoms with Crippen molar-refractivity contribution >= 4 is 121 Å². The molecular formula is C77H89N19O5. The number of hydrogen-bond donors (Lipinski definition) is 3. The first-order valence-electron chi connectivity index (χ1n) is 34.7. The van der Waals surface area contributed by atoms with E-state index in [1.807, 2.05) is 134 Å². The van der Waals surface area contributed by atoms with Crippen LogP contribution >= 0.6 is 0 Å². The van der Waals surface area contributed by atoms with E-state index in [0.29, 0.717) is 75.7 Å². The molecule has 3 N–H and O–H groups in total. The molecule has 6 aliphatic rings. The molecule has 9 aromatic rings. The van der Waals surface area contributed by atoms with Crippen molar-refractivity contribution in [3.8, 4) is 11.5 Å². The lowest BCUT2D eigenvalue weighted by Gasteiger charge is -2.34. The number of para-hydroxylation sites is 3. The van der Waals surface area contributed by atoms with Gasteiger partial charge in [0.25, 0.3) is 17.7 Å². The molecular weight excluding hydrogens is 1270 g/mol. The maximum Gasteiger partial charge on any atom is 0.260 e. The quantitative estimate of drug-likeness (QED) is 0.104. The number of anilines is 18. The zero-order chi connectivity index (χ0) is 70.6. The van der Waals surface area contributed by atoms with E-state index in [1.165, 1.54) is 37.1 Å². The van der Waals surface area contributed by atoms with Crippen LogP contribution in [0.2, 0.25) is 0 Å². The molecule has 6 aromatic carbocycles. The van der Waals surface area contributed by atoms with E-state index in [0.717, 1.165) is 116 Å². The highest BCUT2D eigenvalue weighted by Crippen LogP contribution is 2.43. The summed E-state index contributed by atoms with van der Waals surface area (Å²) in [6.07, 6.45) is 9.98. The summed E-state index contributed by atoms with van der Waals surface area (Å²) in [4.78, 5) is 86.9. The number of piperidine rings is 2. The number of amides is 3. The molecule has 3 aromatic heterocycles. The van der Waals surface area contributed by atoms with Crippen LogP contribution < -0.4 is 69.5 Å². The third-order valence-corrected chi connectivity index (χ3v) is 19.9. The van der Waals surface area contributed by atoms with Crippen molar-refractivity contribution in [3.05, 3.63) is 169 Å². The van der Waals surface area contributed by atoms with E-state index in [1.54, 1.807) is 61.5 Å². The molecule has 3 fully saturated rings. The van der Waals surface area contributed by atoms with Gasteiger partial charge in [0.05, 0.1) is 77.4 Å². The molecule has 9 heterocycles. The second kappa shape index (κ2) is 29.7. The van der Waals surface area contributed by atoms with Gasteiger partial charge in [0.15, 0.2) is 17.5 Å². The Morgan fingerprint density at radius 2 is 0.762 bits per heavy atom. The van der Waals surface area contributed by atoms with Gasteiger partial charge in [0.2, 0.25) is 17.8 Å². The van der Waals surface area contributed by atoms with Gasteiger partial charge in [-0.2, -0.15) is 15.0 Å². The van der Waals surface area contributed by atoms with Gasteiger partial charge in [0.1, 0.15) is 28.6 Å². The minimum Gasteiger partial charge on any atom is -0.494 e. The Morgan fingerprint density at radius 3 is 1.17 bits per heavy atom. The fourth-order valence-corrected chi connectivity index (χ4v) is 13.6. The number of hydrogen-bond acceptors (Lipinski definition) is 21. The molecule has 24 nitrogen and oxygen atoms in total. The summed E-state index contributed by atoms with van der Waals surface area (Å²) < 4.78 is 11.7. The number of rotatable bonds is 12. The van der Waals surface area contributed by atoms with Crippen molar-refractivity contribution in [2.75, 3.05) is 175 Å². The molecule has 15 rings (SSSR count). The lowest BCUT2D eigenvalue weighted by atomic mass is 9.99. The maximum atomic E-state index is 13.0. The fraction of sp³-hybridized carbons (Fsp3) is 0.338. The minimum absolute atomic E-state index is 0.0711. The highest BCUT2D eigenvalue weighted by atomic mass is 16.5. The van der Waals surface area contributed by atoms with Gasteiger partial charge in [-0.05, 0) is 136 Å². The molecule has 3 amide bonds. The summed E-state index contributed by atoms with van der Waals surface area (Å²) in [5.41, 5.74) is 12.4. The third-order valence-electron chi connectivity index (χ3n) is 19.9. The summed E-state index contributed by atoms with van der Waals surface area (Å²) in [6.45, 7) is 15.6. The maximum absolute atomic E-state index is 13.0. The number of nitrogens with zero attached hydrogens (tertiary/aromatic N) is 16. The first-order chi connectivity index (χ1) is 48.9. The number of benzene rings is 6. The number of fused-ring (bicyclic) bond motifs is 6. The Bertz CT molecular complexity index is 4500. The molecule has 0 bridgehead atoms. The molecule has 0 spiro atoms. The summed E-state index contributed by atoms with van der Waals surface area (Å²) in [5.74, 6) is 6.19. The molecule has 101 heavy (non-hydrogen) atoms. The van der Waals surface area contributed by atoms with Crippen LogP contribution in [0.25, 0.3) is 0 Å². The average Bonchev–Trinajstić information content (AvgIpc) is 1.65. The van der Waals surface area contributed by atoms with Crippen molar-refractivity contribution < 1.29 is 23.9 Å². The fourth-order valence-electron chi connectivity index (χ4n) is 13.6. The Labute approximate surface area is 591 Å². The Kier molecular flexibility index (Phi) is 20.0. The van der Waals surface area contributed by atoms with Crippen LogP contribution in [-0.2, 0) is 0 Å². The van der Waals surface area contributed by atoms with Crippen molar-refractivity contribution in [1.29, 1.82) is 0 Å². The first kappa shape index (κ1) is 68.3. The van der Waals surface area contributed by atoms with Gasteiger partial charge in [-0.3, -0.25) is 14.4 Å². The number of carbonyl (C=O) groups excluding carboxylic acids is 3. The standard InChI is InChI=1S/C27H32N6O2.C25H29N7O2.C25H28N6O/c1-5-35-24-16-19(33-14-12-18(2)13-15-33)10-11-21(24)29-27-28-17-23-25(30-27)31(3)22-9-7-6-8-20(22)26(34)32(23)4;1-29-11-13-32(14-12-29)17-9-10-19(22(15-17)34-4)27-25-26-16-21-23(28-25)30(2)20-8-6-5-7-18(20)24(33)31(21)3;1-17-12-14-31(15-13-17)19-10-8-18(9-11-19)27-25-26-16-22-23(28-25)29(2)21-7-5-4-6-20(21)24(32)30(22)3/h6-11,16-18H,5,12-15H2,1-4H3,(H,28,29,30);5-10,15-16H,11-14H2,1-4H3,(H,26,27,28);4-11,16-17H,12-15H2,1-3H3,(H,26,27,28). The zero-order valence-electron chi connectivity index (χ0n) is 59.5. The minimum atomic E-state index is -0.0910. The lowest BCUT2D eigenvalue weighted by molar-refractivity contribution is 0.0986. The second-order valence-electron chi connectivity index (χ2n) is 26.6. The van der Waals surface area contributed by atoms with Crippen molar-refractivity contribution in [2.24, 2.45) is 11.8 Å². The first-order valence-corrected chi connectivity index (χ1v) is 34.7. The second-order valence-corrected chi connectivity index (χ2v) is 26.6. The number of nitrogens with one attached hydrogen (secondary N) is 3. The van der Waals surface area contributed by atoms with Crippen LogP contribution in [0.5, 0.6) is 11.5 Å². The Balaban J connectivity index is 0.000000136. The largest absolute Gasteiger partial charge is 0.494 e. The van der Waals surface area contributed by atoms with Gasteiger partial charge in [-0.1, -0.05) is 50.2 Å². The summed E-state index contributed by atoms with van der Waals surface area (Å²) >= 11 is 0. The average molecular weight is 1360 g/mol. The normalized spacial score (nSPS) is 16.2. The van der Waals surface area contributed by atoms with E-state index in [2.05, 4.69) is 114 Å². The molecule has 24 heteroatoms. The number of carbonyl (C=O) groups is 3. The van der Waals surface area contributed by atoms with Crippen LogP contribution in [0, 0.1) is 11.8 Å². The van der Waals surface area contributed by atoms with Crippen LogP contribution in [0.3, 0.4) is 0 Å². The van der Waals surface area contributed by atoms with Crippen LogP contribution in [-0.4, -0.2) is 168 Å². The molecule has 0 saturated carbocycles. The summed E-state index contributed by atoms with van der Waals surface area (Å²) in [7, 11) is 14.8. The van der Waals surface area contributed by atoms with Gasteiger partial charge in [-0.25, -0.2) is 15.0 Å². The predicted molar refractivity (Wildman–Crippen MR) is 406 cm³/mol. The monoisotopic (exact) mass is 1360 g/mol. The van der Waals surface area contributed by atoms with Crippen molar-refractivity contribution in [2.45, 2.75) is 46.5 Å². The Hall–Kier alpha value is -11.3. The topological polar surface area (TPSA) is 216 Å². The SMILES string of the molecule is CC1CCN(c2ccc(Nc3ncc4c(n3)N(C)c3ccccc3C(=O)N4C)cc2)CC1.CCOc1cc(N2CCC(C)CC2)ccc1Nc1ncc2c(n1)N(C)c1ccccc1C(=O)N2C.COc1cc(N2CCN(C)CC2)ccc1Nc1ncc2c(n1)N(C)c1ccccc1C(=O)N2C. The molecule has 6 aliphatic heterocycles. The van der Waals surface area contributed by atoms with E-state index in [9.17, 15) is 14.4 Å². The highest BCUT2D eigenvalue weighted by molar-refractivity contribution is 6.15. The zero-order valence-corrected chi connectivity index (χ0v) is 59.5. The molecule has 0 aliphatic carbocycles. The number of likely N-dealkylation sites (N-methyl/N-ethyl adjacent to an activating group) is 1.